The van der Waals surface area contributed by atoms with Crippen LogP contribution in [-0.4, -0.2) is 20.9 Å². The standard InChI is InChI=1S/C17H19N7OS/c1-9-10(2)26-17(21-9)24-16-14(18)15(19-8-20-16)23-13-6-4-12(5-7-13)22-11(3)25/h4-8H,18H2,1-3H3,(H,22,25)(H2,19,20,21,23,24). The molecule has 1 amide bonds. The van der Waals surface area contributed by atoms with E-state index >= 15 is 0 Å². The zero-order valence-corrected chi connectivity index (χ0v) is 15.4. The highest BCUT2D eigenvalue weighted by molar-refractivity contribution is 7.15. The molecule has 0 bridgehead atoms. The van der Waals surface area contributed by atoms with E-state index in [4.69, 9.17) is 5.73 Å². The Kier molecular flexibility index (Phi) is 4.99. The van der Waals surface area contributed by atoms with Crippen molar-refractivity contribution in [2.24, 2.45) is 0 Å². The van der Waals surface area contributed by atoms with Crippen LogP contribution in [0.2, 0.25) is 0 Å². The molecule has 0 spiro atoms. The van der Waals surface area contributed by atoms with Gasteiger partial charge in [0.15, 0.2) is 16.8 Å². The highest BCUT2D eigenvalue weighted by Crippen LogP contribution is 2.30. The summed E-state index contributed by atoms with van der Waals surface area (Å²) in [7, 11) is 0. The summed E-state index contributed by atoms with van der Waals surface area (Å²) in [5.41, 5.74) is 9.06. The Hall–Kier alpha value is -3.20. The maximum atomic E-state index is 11.1. The zero-order chi connectivity index (χ0) is 18.7. The number of benzene rings is 1. The summed E-state index contributed by atoms with van der Waals surface area (Å²) in [4.78, 5) is 25.0. The van der Waals surface area contributed by atoms with Crippen molar-refractivity contribution < 1.29 is 4.79 Å². The number of thiazole rings is 1. The van der Waals surface area contributed by atoms with Gasteiger partial charge in [-0.3, -0.25) is 4.79 Å². The van der Waals surface area contributed by atoms with Crippen LogP contribution in [0.4, 0.5) is 33.8 Å². The molecule has 134 valence electrons. The molecule has 0 unspecified atom stereocenters. The first-order valence-corrected chi connectivity index (χ1v) is 8.70. The molecule has 2 aromatic heterocycles. The number of rotatable bonds is 5. The van der Waals surface area contributed by atoms with Crippen molar-refractivity contribution in [2.45, 2.75) is 20.8 Å². The third kappa shape index (κ3) is 4.06. The van der Waals surface area contributed by atoms with Gasteiger partial charge in [-0.1, -0.05) is 0 Å². The summed E-state index contributed by atoms with van der Waals surface area (Å²) in [5, 5.41) is 9.73. The second-order valence-corrected chi connectivity index (χ2v) is 6.86. The SMILES string of the molecule is CC(=O)Nc1ccc(Nc2ncnc(Nc3nc(C)c(C)s3)c2N)cc1. The molecule has 0 aliphatic carbocycles. The van der Waals surface area contributed by atoms with E-state index in [0.717, 1.165) is 27.1 Å². The van der Waals surface area contributed by atoms with Crippen molar-refractivity contribution >= 4 is 51.1 Å². The summed E-state index contributed by atoms with van der Waals surface area (Å²) in [6, 6.07) is 7.24. The summed E-state index contributed by atoms with van der Waals surface area (Å²) >= 11 is 1.54. The molecule has 1 aromatic carbocycles. The number of nitrogens with zero attached hydrogens (tertiary/aromatic N) is 3. The molecule has 0 atom stereocenters. The number of anilines is 6. The van der Waals surface area contributed by atoms with Gasteiger partial charge in [-0.25, -0.2) is 15.0 Å². The van der Waals surface area contributed by atoms with Crippen LogP contribution in [0.15, 0.2) is 30.6 Å². The van der Waals surface area contributed by atoms with Crippen molar-refractivity contribution in [3.8, 4) is 0 Å². The van der Waals surface area contributed by atoms with E-state index in [9.17, 15) is 4.79 Å². The number of hydrogen-bond donors (Lipinski definition) is 4. The Labute approximate surface area is 154 Å². The van der Waals surface area contributed by atoms with Crippen molar-refractivity contribution in [2.75, 3.05) is 21.7 Å². The average Bonchev–Trinajstić information content (AvgIpc) is 2.90. The summed E-state index contributed by atoms with van der Waals surface area (Å²) in [6.45, 7) is 5.44. The van der Waals surface area contributed by atoms with E-state index in [1.54, 1.807) is 23.5 Å². The Morgan fingerprint density at radius 2 is 1.65 bits per heavy atom. The first-order valence-electron chi connectivity index (χ1n) is 7.88. The van der Waals surface area contributed by atoms with Gasteiger partial charge in [0.05, 0.1) is 5.69 Å². The van der Waals surface area contributed by atoms with Crippen molar-refractivity contribution in [3.63, 3.8) is 0 Å². The van der Waals surface area contributed by atoms with Gasteiger partial charge in [-0.05, 0) is 38.1 Å². The lowest BCUT2D eigenvalue weighted by Gasteiger charge is -2.12. The van der Waals surface area contributed by atoms with Crippen LogP contribution in [0.3, 0.4) is 0 Å². The van der Waals surface area contributed by atoms with Crippen LogP contribution in [0.25, 0.3) is 0 Å². The molecule has 3 aromatic rings. The zero-order valence-electron chi connectivity index (χ0n) is 14.6. The lowest BCUT2D eigenvalue weighted by atomic mass is 10.2. The molecular weight excluding hydrogens is 350 g/mol. The molecule has 3 rings (SSSR count). The molecule has 26 heavy (non-hydrogen) atoms. The van der Waals surface area contributed by atoms with Crippen LogP contribution >= 0.6 is 11.3 Å². The van der Waals surface area contributed by atoms with Gasteiger partial charge in [0.1, 0.15) is 12.0 Å². The van der Waals surface area contributed by atoms with E-state index in [2.05, 4.69) is 30.9 Å². The fraction of sp³-hybridized carbons (Fsp3) is 0.176. The predicted molar refractivity (Wildman–Crippen MR) is 105 cm³/mol. The lowest BCUT2D eigenvalue weighted by Crippen LogP contribution is -2.06. The molecular formula is C17H19N7OS. The number of nitrogens with two attached hydrogens (primary N) is 1. The third-order valence-electron chi connectivity index (χ3n) is 3.61. The maximum Gasteiger partial charge on any atom is 0.221 e. The summed E-state index contributed by atoms with van der Waals surface area (Å²) in [5.74, 6) is 0.861. The fourth-order valence-electron chi connectivity index (χ4n) is 2.20. The Morgan fingerprint density at radius 3 is 2.23 bits per heavy atom. The van der Waals surface area contributed by atoms with Crippen LogP contribution < -0.4 is 21.7 Å². The van der Waals surface area contributed by atoms with Crippen molar-refractivity contribution in [3.05, 3.63) is 41.2 Å². The number of nitrogens with one attached hydrogen (secondary N) is 3. The topological polar surface area (TPSA) is 118 Å². The first-order chi connectivity index (χ1) is 12.4. The monoisotopic (exact) mass is 369 g/mol. The Bertz CT molecular complexity index is 917. The number of amides is 1. The molecule has 8 nitrogen and oxygen atoms in total. The number of aromatic nitrogens is 3. The van der Waals surface area contributed by atoms with Crippen molar-refractivity contribution in [1.29, 1.82) is 0 Å². The largest absolute Gasteiger partial charge is 0.393 e. The summed E-state index contributed by atoms with van der Waals surface area (Å²) < 4.78 is 0. The lowest BCUT2D eigenvalue weighted by molar-refractivity contribution is -0.114. The smallest absolute Gasteiger partial charge is 0.221 e. The third-order valence-corrected chi connectivity index (χ3v) is 4.59. The van der Waals surface area contributed by atoms with E-state index in [0.29, 0.717) is 17.3 Å². The molecule has 2 heterocycles. The number of carbonyl (C=O) groups is 1. The average molecular weight is 369 g/mol. The van der Waals surface area contributed by atoms with E-state index < -0.39 is 0 Å². The van der Waals surface area contributed by atoms with Gasteiger partial charge in [0, 0.05) is 23.2 Å². The molecule has 0 aliphatic rings. The second kappa shape index (κ2) is 7.36. The molecule has 5 N–H and O–H groups in total. The van der Waals surface area contributed by atoms with E-state index in [1.165, 1.54) is 13.3 Å². The van der Waals surface area contributed by atoms with Crippen LogP contribution in [-0.2, 0) is 4.79 Å². The molecule has 0 aliphatic heterocycles. The normalized spacial score (nSPS) is 10.4. The minimum atomic E-state index is -0.117. The van der Waals surface area contributed by atoms with Gasteiger partial charge in [0.2, 0.25) is 5.91 Å². The van der Waals surface area contributed by atoms with Gasteiger partial charge in [0.25, 0.3) is 0 Å². The minimum absolute atomic E-state index is 0.117. The minimum Gasteiger partial charge on any atom is -0.393 e. The highest BCUT2D eigenvalue weighted by atomic mass is 32.1. The van der Waals surface area contributed by atoms with E-state index in [1.807, 2.05) is 26.0 Å². The Morgan fingerprint density at radius 1 is 1.04 bits per heavy atom. The number of carbonyl (C=O) groups excluding carboxylic acids is 1. The number of aryl methyl sites for hydroxylation is 2. The van der Waals surface area contributed by atoms with Crippen LogP contribution in [0.5, 0.6) is 0 Å². The first kappa shape index (κ1) is 17.6. The summed E-state index contributed by atoms with van der Waals surface area (Å²) in [6.07, 6.45) is 1.43. The maximum absolute atomic E-state index is 11.1. The van der Waals surface area contributed by atoms with Crippen LogP contribution in [0.1, 0.15) is 17.5 Å². The van der Waals surface area contributed by atoms with Gasteiger partial charge < -0.3 is 21.7 Å². The van der Waals surface area contributed by atoms with Gasteiger partial charge in [-0.2, -0.15) is 0 Å². The van der Waals surface area contributed by atoms with E-state index in [-0.39, 0.29) is 5.91 Å². The number of hydrogen-bond acceptors (Lipinski definition) is 8. The quantitative estimate of drug-likeness (QED) is 0.543. The molecule has 0 fully saturated rings. The molecule has 9 heteroatoms. The molecule has 0 saturated heterocycles. The van der Waals surface area contributed by atoms with Gasteiger partial charge in [-0.15, -0.1) is 11.3 Å². The van der Waals surface area contributed by atoms with Crippen LogP contribution in [0, 0.1) is 13.8 Å². The Balaban J connectivity index is 1.77. The van der Waals surface area contributed by atoms with Gasteiger partial charge >= 0.3 is 0 Å². The second-order valence-electron chi connectivity index (χ2n) is 5.65. The fourth-order valence-corrected chi connectivity index (χ4v) is 3.01. The highest BCUT2D eigenvalue weighted by Gasteiger charge is 2.11. The molecule has 0 radical (unpaired) electrons. The van der Waals surface area contributed by atoms with Crippen molar-refractivity contribution in [1.82, 2.24) is 15.0 Å². The predicted octanol–water partition coefficient (Wildman–Crippen LogP) is 3.58. The molecule has 0 saturated carbocycles. The number of nitrogen functional groups attached to an aromatic ring is 1.